The summed E-state index contributed by atoms with van der Waals surface area (Å²) in [6.07, 6.45) is 1.47. The Morgan fingerprint density at radius 2 is 1.84 bits per heavy atom. The first kappa shape index (κ1) is 18.6. The lowest BCUT2D eigenvalue weighted by Gasteiger charge is -2.11. The number of nitrogens with zero attached hydrogens (tertiary/aromatic N) is 2. The number of aryl methyl sites for hydroxylation is 2. The fraction of sp³-hybridized carbons (Fsp3) is 0.316. The Morgan fingerprint density at radius 3 is 2.52 bits per heavy atom. The molecule has 2 N–H and O–H groups in total. The number of hydrogen-bond donors (Lipinski definition) is 2. The molecule has 0 atom stereocenters. The van der Waals surface area contributed by atoms with Gasteiger partial charge in [0, 0.05) is 30.5 Å². The molecule has 6 heteroatoms. The number of pyridine rings is 1. The summed E-state index contributed by atoms with van der Waals surface area (Å²) in [5.74, 6) is -0.556. The van der Waals surface area contributed by atoms with Crippen molar-refractivity contribution in [2.45, 2.75) is 13.8 Å². The van der Waals surface area contributed by atoms with Gasteiger partial charge in [0.15, 0.2) is 0 Å². The molecular formula is C19H24N4O2. The van der Waals surface area contributed by atoms with Gasteiger partial charge in [0.2, 0.25) is 0 Å². The normalized spacial score (nSPS) is 10.6. The molecule has 0 radical (unpaired) electrons. The molecule has 1 aromatic carbocycles. The molecule has 0 aliphatic heterocycles. The summed E-state index contributed by atoms with van der Waals surface area (Å²) < 4.78 is 0. The predicted molar refractivity (Wildman–Crippen MR) is 99.0 cm³/mol. The maximum Gasteiger partial charge on any atom is 0.269 e. The van der Waals surface area contributed by atoms with E-state index in [-0.39, 0.29) is 17.5 Å². The third-order valence-corrected chi connectivity index (χ3v) is 3.73. The third-order valence-electron chi connectivity index (χ3n) is 3.73. The Balaban J connectivity index is 2.06. The highest BCUT2D eigenvalue weighted by molar-refractivity contribution is 6.06. The fourth-order valence-corrected chi connectivity index (χ4v) is 2.33. The van der Waals surface area contributed by atoms with Crippen molar-refractivity contribution >= 4 is 17.5 Å². The number of hydrogen-bond acceptors (Lipinski definition) is 4. The second-order valence-electron chi connectivity index (χ2n) is 6.26. The Kier molecular flexibility index (Phi) is 6.25. The van der Waals surface area contributed by atoms with Crippen molar-refractivity contribution in [1.29, 1.82) is 0 Å². The number of nitrogens with one attached hydrogen (secondary N) is 2. The van der Waals surface area contributed by atoms with E-state index in [0.717, 1.165) is 23.4 Å². The number of carbonyl (C=O) groups excluding carboxylic acids is 2. The summed E-state index contributed by atoms with van der Waals surface area (Å²) in [6.45, 7) is 5.20. The molecule has 0 aliphatic rings. The molecule has 2 aromatic rings. The van der Waals surface area contributed by atoms with Gasteiger partial charge in [0.1, 0.15) is 5.69 Å². The quantitative estimate of drug-likeness (QED) is 0.846. The van der Waals surface area contributed by atoms with Crippen molar-refractivity contribution in [3.05, 3.63) is 58.9 Å². The standard InChI is InChI=1S/C19H24N4O2/c1-13-5-6-16(14(2)11-13)22-18(24)15-7-8-20-17(12-15)19(25)21-9-10-23(3)4/h5-8,11-12H,9-10H2,1-4H3,(H,21,25)(H,22,24). The monoisotopic (exact) mass is 340 g/mol. The van der Waals surface area contributed by atoms with E-state index >= 15 is 0 Å². The van der Waals surface area contributed by atoms with Crippen LogP contribution in [0.25, 0.3) is 0 Å². The number of aromatic nitrogens is 1. The summed E-state index contributed by atoms with van der Waals surface area (Å²) in [5.41, 5.74) is 3.50. The van der Waals surface area contributed by atoms with Gasteiger partial charge in [-0.05, 0) is 51.7 Å². The van der Waals surface area contributed by atoms with E-state index in [1.54, 1.807) is 6.07 Å². The molecular weight excluding hydrogens is 316 g/mol. The van der Waals surface area contributed by atoms with Gasteiger partial charge in [0.05, 0.1) is 0 Å². The van der Waals surface area contributed by atoms with Crippen molar-refractivity contribution in [2.75, 3.05) is 32.5 Å². The van der Waals surface area contributed by atoms with Crippen LogP contribution in [0.2, 0.25) is 0 Å². The summed E-state index contributed by atoms with van der Waals surface area (Å²) in [7, 11) is 3.87. The van der Waals surface area contributed by atoms with Crippen LogP contribution in [0.4, 0.5) is 5.69 Å². The average Bonchev–Trinajstić information content (AvgIpc) is 2.57. The average molecular weight is 340 g/mol. The molecule has 2 amide bonds. The van der Waals surface area contributed by atoms with Crippen molar-refractivity contribution in [3.63, 3.8) is 0 Å². The Labute approximate surface area is 148 Å². The summed E-state index contributed by atoms with van der Waals surface area (Å²) >= 11 is 0. The van der Waals surface area contributed by atoms with Crippen LogP contribution in [0.3, 0.4) is 0 Å². The van der Waals surface area contributed by atoms with Gasteiger partial charge in [-0.15, -0.1) is 0 Å². The van der Waals surface area contributed by atoms with Crippen LogP contribution in [0.1, 0.15) is 32.0 Å². The topological polar surface area (TPSA) is 74.3 Å². The molecule has 2 rings (SSSR count). The van der Waals surface area contributed by atoms with Gasteiger partial charge < -0.3 is 15.5 Å². The van der Waals surface area contributed by atoms with Crippen LogP contribution < -0.4 is 10.6 Å². The molecule has 25 heavy (non-hydrogen) atoms. The molecule has 0 fully saturated rings. The number of likely N-dealkylation sites (N-methyl/N-ethyl adjacent to an activating group) is 1. The minimum absolute atomic E-state index is 0.229. The van der Waals surface area contributed by atoms with Crippen molar-refractivity contribution in [1.82, 2.24) is 15.2 Å². The highest BCUT2D eigenvalue weighted by Crippen LogP contribution is 2.17. The highest BCUT2D eigenvalue weighted by atomic mass is 16.2. The SMILES string of the molecule is Cc1ccc(NC(=O)c2ccnc(C(=O)NCCN(C)C)c2)c(C)c1. The Hall–Kier alpha value is -2.73. The Bertz CT molecular complexity index is 772. The summed E-state index contributed by atoms with van der Waals surface area (Å²) in [6, 6.07) is 8.92. The van der Waals surface area contributed by atoms with E-state index in [1.165, 1.54) is 12.3 Å². The van der Waals surface area contributed by atoms with E-state index in [1.807, 2.05) is 51.0 Å². The van der Waals surface area contributed by atoms with Gasteiger partial charge in [-0.1, -0.05) is 17.7 Å². The van der Waals surface area contributed by atoms with E-state index in [2.05, 4.69) is 15.6 Å². The summed E-state index contributed by atoms with van der Waals surface area (Å²) in [4.78, 5) is 30.6. The number of benzene rings is 1. The van der Waals surface area contributed by atoms with Crippen LogP contribution in [-0.4, -0.2) is 48.9 Å². The lowest BCUT2D eigenvalue weighted by atomic mass is 10.1. The number of anilines is 1. The molecule has 0 saturated carbocycles. The van der Waals surface area contributed by atoms with Crippen LogP contribution in [0.15, 0.2) is 36.5 Å². The van der Waals surface area contributed by atoms with Gasteiger partial charge in [0.25, 0.3) is 11.8 Å². The maximum atomic E-state index is 12.5. The molecule has 6 nitrogen and oxygen atoms in total. The number of amides is 2. The van der Waals surface area contributed by atoms with Crippen molar-refractivity contribution < 1.29 is 9.59 Å². The van der Waals surface area contributed by atoms with Crippen molar-refractivity contribution in [3.8, 4) is 0 Å². The lowest BCUT2D eigenvalue weighted by molar-refractivity contribution is 0.0946. The van der Waals surface area contributed by atoms with Crippen LogP contribution in [0.5, 0.6) is 0 Å². The minimum Gasteiger partial charge on any atom is -0.349 e. The molecule has 0 unspecified atom stereocenters. The van der Waals surface area contributed by atoms with Crippen LogP contribution in [0, 0.1) is 13.8 Å². The maximum absolute atomic E-state index is 12.5. The molecule has 0 spiro atoms. The van der Waals surface area contributed by atoms with E-state index in [0.29, 0.717) is 12.1 Å². The predicted octanol–water partition coefficient (Wildman–Crippen LogP) is 2.24. The molecule has 0 aliphatic carbocycles. The number of rotatable bonds is 6. The molecule has 0 saturated heterocycles. The first-order valence-electron chi connectivity index (χ1n) is 8.14. The fourth-order valence-electron chi connectivity index (χ4n) is 2.33. The first-order valence-corrected chi connectivity index (χ1v) is 8.14. The van der Waals surface area contributed by atoms with Gasteiger partial charge >= 0.3 is 0 Å². The van der Waals surface area contributed by atoms with E-state index in [9.17, 15) is 9.59 Å². The zero-order valence-corrected chi connectivity index (χ0v) is 15.1. The number of carbonyl (C=O) groups is 2. The smallest absolute Gasteiger partial charge is 0.269 e. The summed E-state index contributed by atoms with van der Waals surface area (Å²) in [5, 5.41) is 5.66. The molecule has 132 valence electrons. The molecule has 1 heterocycles. The van der Waals surface area contributed by atoms with Crippen molar-refractivity contribution in [2.24, 2.45) is 0 Å². The third kappa shape index (κ3) is 5.39. The first-order chi connectivity index (χ1) is 11.9. The zero-order chi connectivity index (χ0) is 18.4. The van der Waals surface area contributed by atoms with Crippen LogP contribution >= 0.6 is 0 Å². The van der Waals surface area contributed by atoms with Gasteiger partial charge in [-0.2, -0.15) is 0 Å². The molecule has 1 aromatic heterocycles. The Morgan fingerprint density at radius 1 is 1.08 bits per heavy atom. The van der Waals surface area contributed by atoms with Gasteiger partial charge in [-0.25, -0.2) is 0 Å². The van der Waals surface area contributed by atoms with E-state index in [4.69, 9.17) is 0 Å². The zero-order valence-electron chi connectivity index (χ0n) is 15.1. The van der Waals surface area contributed by atoms with Crippen LogP contribution in [-0.2, 0) is 0 Å². The largest absolute Gasteiger partial charge is 0.349 e. The van der Waals surface area contributed by atoms with Gasteiger partial charge in [-0.3, -0.25) is 14.6 Å². The molecule has 0 bridgehead atoms. The lowest BCUT2D eigenvalue weighted by Crippen LogP contribution is -2.32. The second-order valence-corrected chi connectivity index (χ2v) is 6.26. The second kappa shape index (κ2) is 8.39. The van der Waals surface area contributed by atoms with E-state index < -0.39 is 0 Å². The highest BCUT2D eigenvalue weighted by Gasteiger charge is 2.12. The minimum atomic E-state index is -0.289.